The summed E-state index contributed by atoms with van der Waals surface area (Å²) < 4.78 is 7.72. The van der Waals surface area contributed by atoms with E-state index in [-0.39, 0.29) is 6.07 Å². The van der Waals surface area contributed by atoms with Crippen molar-refractivity contribution in [1.29, 1.82) is 0 Å². The van der Waals surface area contributed by atoms with E-state index >= 15 is 0 Å². The minimum absolute atomic E-state index is 0.211. The van der Waals surface area contributed by atoms with Gasteiger partial charge in [-0.25, -0.2) is 4.98 Å². The first kappa shape index (κ1) is 17.5. The molecule has 3 aromatic rings. The maximum atomic E-state index is 6.31. The summed E-state index contributed by atoms with van der Waals surface area (Å²) in [4.78, 5) is 4.67. The molecule has 0 atom stereocenters. The number of ether oxygens (including phenoxy) is 1. The molecule has 0 bridgehead atoms. The molecular weight excluding hydrogens is 415 g/mol. The van der Waals surface area contributed by atoms with E-state index in [1.807, 2.05) is 30.3 Å². The average molecular weight is 430 g/mol. The van der Waals surface area contributed by atoms with Crippen molar-refractivity contribution in [3.05, 3.63) is 46.0 Å². The third kappa shape index (κ3) is 3.83. The SMILES string of the molecule is ClCOCCCNc1cc(-c2ccccc2Cl)nc2c(Br)cnn12. The fourth-order valence-corrected chi connectivity index (χ4v) is 3.00. The Labute approximate surface area is 158 Å². The molecule has 24 heavy (non-hydrogen) atoms. The maximum Gasteiger partial charge on any atom is 0.172 e. The Morgan fingerprint density at radius 1 is 1.29 bits per heavy atom. The Hall–Kier alpha value is -1.34. The highest BCUT2D eigenvalue weighted by molar-refractivity contribution is 9.10. The van der Waals surface area contributed by atoms with Crippen molar-refractivity contribution in [2.45, 2.75) is 6.42 Å². The van der Waals surface area contributed by atoms with Gasteiger partial charge >= 0.3 is 0 Å². The summed E-state index contributed by atoms with van der Waals surface area (Å²) in [5.74, 6) is 0.839. The predicted octanol–water partition coefficient (Wildman–Crippen LogP) is 4.83. The van der Waals surface area contributed by atoms with Crippen LogP contribution in [0.3, 0.4) is 0 Å². The number of nitrogens with zero attached hydrogens (tertiary/aromatic N) is 3. The van der Waals surface area contributed by atoms with Gasteiger partial charge in [-0.05, 0) is 28.4 Å². The monoisotopic (exact) mass is 428 g/mol. The van der Waals surface area contributed by atoms with Crippen LogP contribution in [0.4, 0.5) is 5.82 Å². The number of hydrogen-bond acceptors (Lipinski definition) is 4. The molecule has 8 heteroatoms. The molecule has 0 saturated carbocycles. The highest BCUT2D eigenvalue weighted by atomic mass is 79.9. The summed E-state index contributed by atoms with van der Waals surface area (Å²) in [6.45, 7) is 1.33. The van der Waals surface area contributed by atoms with Crippen LogP contribution in [0.2, 0.25) is 5.02 Å². The van der Waals surface area contributed by atoms with Crippen LogP contribution >= 0.6 is 39.1 Å². The van der Waals surface area contributed by atoms with Crippen LogP contribution in [-0.4, -0.2) is 33.8 Å². The molecule has 0 fully saturated rings. The largest absolute Gasteiger partial charge is 0.370 e. The van der Waals surface area contributed by atoms with E-state index in [9.17, 15) is 0 Å². The second kappa shape index (κ2) is 8.16. The van der Waals surface area contributed by atoms with Gasteiger partial charge in [0.25, 0.3) is 0 Å². The third-order valence-electron chi connectivity index (χ3n) is 3.43. The van der Waals surface area contributed by atoms with E-state index in [0.29, 0.717) is 11.6 Å². The lowest BCUT2D eigenvalue weighted by molar-refractivity contribution is 0.178. The number of fused-ring (bicyclic) bond motifs is 1. The number of benzene rings is 1. The Morgan fingerprint density at radius 2 is 2.12 bits per heavy atom. The van der Waals surface area contributed by atoms with Crippen LogP contribution in [0.5, 0.6) is 0 Å². The Bertz CT molecular complexity index is 840. The highest BCUT2D eigenvalue weighted by Gasteiger charge is 2.12. The van der Waals surface area contributed by atoms with Crippen molar-refractivity contribution in [2.24, 2.45) is 0 Å². The number of aromatic nitrogens is 3. The van der Waals surface area contributed by atoms with E-state index in [1.54, 1.807) is 10.7 Å². The minimum Gasteiger partial charge on any atom is -0.370 e. The van der Waals surface area contributed by atoms with Gasteiger partial charge in [0.1, 0.15) is 11.9 Å². The average Bonchev–Trinajstić information content (AvgIpc) is 2.96. The van der Waals surface area contributed by atoms with Crippen molar-refractivity contribution in [3.8, 4) is 11.3 Å². The van der Waals surface area contributed by atoms with E-state index in [0.717, 1.165) is 40.2 Å². The number of alkyl halides is 1. The van der Waals surface area contributed by atoms with E-state index < -0.39 is 0 Å². The first-order valence-electron chi connectivity index (χ1n) is 7.37. The summed E-state index contributed by atoms with van der Waals surface area (Å²) in [7, 11) is 0. The molecule has 0 aliphatic rings. The standard InChI is InChI=1S/C16H15BrCl2N4O/c17-12-9-21-23-15(20-6-3-7-24-10-18)8-14(22-16(12)23)11-4-1-2-5-13(11)19/h1-2,4-5,8-9,20H,3,6-7,10H2. The molecule has 0 spiro atoms. The summed E-state index contributed by atoms with van der Waals surface area (Å²) in [6.07, 6.45) is 2.56. The second-order valence-corrected chi connectivity index (χ2v) is 6.51. The van der Waals surface area contributed by atoms with E-state index in [4.69, 9.17) is 27.9 Å². The summed E-state index contributed by atoms with van der Waals surface area (Å²) in [6, 6.07) is 9.79. The van der Waals surface area contributed by atoms with Crippen molar-refractivity contribution in [1.82, 2.24) is 14.6 Å². The number of halogens is 3. The lowest BCUT2D eigenvalue weighted by Gasteiger charge is -2.11. The van der Waals surface area contributed by atoms with Gasteiger partial charge in [-0.2, -0.15) is 9.61 Å². The van der Waals surface area contributed by atoms with Gasteiger partial charge in [0, 0.05) is 29.8 Å². The molecule has 5 nitrogen and oxygen atoms in total. The zero-order valence-electron chi connectivity index (χ0n) is 12.7. The number of nitrogens with one attached hydrogen (secondary N) is 1. The molecular formula is C16H15BrCl2N4O. The molecule has 2 heterocycles. The summed E-state index contributed by atoms with van der Waals surface area (Å²) in [5.41, 5.74) is 2.39. The van der Waals surface area contributed by atoms with Crippen molar-refractivity contribution >= 4 is 50.6 Å². The zero-order chi connectivity index (χ0) is 16.9. The van der Waals surface area contributed by atoms with Gasteiger partial charge in [0.15, 0.2) is 5.65 Å². The molecule has 0 aliphatic heterocycles. The van der Waals surface area contributed by atoms with Crippen LogP contribution in [0.15, 0.2) is 41.0 Å². The molecule has 0 amide bonds. The van der Waals surface area contributed by atoms with Crippen LogP contribution in [0.25, 0.3) is 16.9 Å². The van der Waals surface area contributed by atoms with Crippen molar-refractivity contribution in [2.75, 3.05) is 24.5 Å². The fourth-order valence-electron chi connectivity index (χ4n) is 2.31. The zero-order valence-corrected chi connectivity index (χ0v) is 15.8. The third-order valence-corrected chi connectivity index (χ3v) is 4.47. The van der Waals surface area contributed by atoms with Gasteiger partial charge < -0.3 is 10.1 Å². The smallest absolute Gasteiger partial charge is 0.172 e. The normalized spacial score (nSPS) is 11.1. The summed E-state index contributed by atoms with van der Waals surface area (Å²) >= 11 is 15.3. The van der Waals surface area contributed by atoms with Gasteiger partial charge in [-0.1, -0.05) is 41.4 Å². The quantitative estimate of drug-likeness (QED) is 0.431. The van der Waals surface area contributed by atoms with Gasteiger partial charge in [0.2, 0.25) is 0 Å². The van der Waals surface area contributed by atoms with Crippen LogP contribution in [-0.2, 0) is 4.74 Å². The molecule has 3 rings (SSSR count). The Kier molecular flexibility index (Phi) is 5.94. The minimum atomic E-state index is 0.211. The van der Waals surface area contributed by atoms with Crippen LogP contribution < -0.4 is 5.32 Å². The van der Waals surface area contributed by atoms with Gasteiger partial charge in [0.05, 0.1) is 16.4 Å². The fraction of sp³-hybridized carbons (Fsp3) is 0.250. The van der Waals surface area contributed by atoms with E-state index in [1.165, 1.54) is 0 Å². The molecule has 1 aromatic carbocycles. The van der Waals surface area contributed by atoms with E-state index in [2.05, 4.69) is 31.3 Å². The lowest BCUT2D eigenvalue weighted by Crippen LogP contribution is -2.10. The molecule has 0 saturated heterocycles. The number of hydrogen-bond donors (Lipinski definition) is 1. The molecule has 0 aliphatic carbocycles. The topological polar surface area (TPSA) is 51.5 Å². The Morgan fingerprint density at radius 3 is 2.92 bits per heavy atom. The maximum absolute atomic E-state index is 6.31. The predicted molar refractivity (Wildman–Crippen MR) is 101 cm³/mol. The van der Waals surface area contributed by atoms with Crippen LogP contribution in [0, 0.1) is 0 Å². The highest BCUT2D eigenvalue weighted by Crippen LogP contribution is 2.30. The van der Waals surface area contributed by atoms with Crippen molar-refractivity contribution in [3.63, 3.8) is 0 Å². The molecule has 0 unspecified atom stereocenters. The second-order valence-electron chi connectivity index (χ2n) is 5.03. The number of rotatable bonds is 7. The van der Waals surface area contributed by atoms with Crippen LogP contribution in [0.1, 0.15) is 6.42 Å². The molecule has 2 aromatic heterocycles. The van der Waals surface area contributed by atoms with Crippen molar-refractivity contribution < 1.29 is 4.74 Å². The molecule has 0 radical (unpaired) electrons. The number of anilines is 1. The summed E-state index contributed by atoms with van der Waals surface area (Å²) in [5, 5.41) is 8.37. The first-order valence-corrected chi connectivity index (χ1v) is 9.08. The van der Waals surface area contributed by atoms with Gasteiger partial charge in [-0.3, -0.25) is 0 Å². The molecule has 1 N–H and O–H groups in total. The van der Waals surface area contributed by atoms with Gasteiger partial charge in [-0.15, -0.1) is 0 Å². The lowest BCUT2D eigenvalue weighted by atomic mass is 10.1. The Balaban J connectivity index is 1.94. The molecule has 126 valence electrons. The first-order chi connectivity index (χ1) is 11.7.